The van der Waals surface area contributed by atoms with Gasteiger partial charge in [-0.1, -0.05) is 24.3 Å². The molecular formula is C23H14F3N. The van der Waals surface area contributed by atoms with Gasteiger partial charge in [-0.2, -0.15) is 0 Å². The molecule has 0 aliphatic carbocycles. The van der Waals surface area contributed by atoms with Crippen LogP contribution in [0.25, 0.3) is 33.5 Å². The third kappa shape index (κ3) is 3.60. The van der Waals surface area contributed by atoms with Crippen molar-refractivity contribution in [2.45, 2.75) is 0 Å². The zero-order chi connectivity index (χ0) is 18.8. The molecule has 0 N–H and O–H groups in total. The van der Waals surface area contributed by atoms with E-state index in [2.05, 4.69) is 4.98 Å². The first-order valence-electron chi connectivity index (χ1n) is 8.38. The van der Waals surface area contributed by atoms with Gasteiger partial charge >= 0.3 is 0 Å². The summed E-state index contributed by atoms with van der Waals surface area (Å²) in [5, 5.41) is 0. The van der Waals surface area contributed by atoms with Crippen LogP contribution in [-0.4, -0.2) is 4.98 Å². The lowest BCUT2D eigenvalue weighted by Crippen LogP contribution is -1.92. The molecule has 132 valence electrons. The lowest BCUT2D eigenvalue weighted by atomic mass is 9.96. The maximum atomic E-state index is 13.4. The SMILES string of the molecule is Fc1ccc(-c2cnc(-c3ccc(F)cc3)c(-c3ccc(F)cc3)c2)cc1. The Morgan fingerprint density at radius 2 is 0.926 bits per heavy atom. The minimum absolute atomic E-state index is 0.312. The average molecular weight is 361 g/mol. The van der Waals surface area contributed by atoms with E-state index in [1.165, 1.54) is 36.4 Å². The maximum Gasteiger partial charge on any atom is 0.123 e. The Bertz CT molecular complexity index is 1070. The number of pyridine rings is 1. The Balaban J connectivity index is 1.89. The van der Waals surface area contributed by atoms with E-state index in [0.717, 1.165) is 27.8 Å². The van der Waals surface area contributed by atoms with E-state index in [1.807, 2.05) is 6.07 Å². The molecule has 0 saturated heterocycles. The van der Waals surface area contributed by atoms with Crippen molar-refractivity contribution in [2.24, 2.45) is 0 Å². The van der Waals surface area contributed by atoms with Crippen LogP contribution in [0.3, 0.4) is 0 Å². The average Bonchev–Trinajstić information content (AvgIpc) is 2.69. The summed E-state index contributed by atoms with van der Waals surface area (Å²) in [4.78, 5) is 4.57. The second kappa shape index (κ2) is 7.08. The van der Waals surface area contributed by atoms with Crippen molar-refractivity contribution in [1.29, 1.82) is 0 Å². The molecule has 4 aromatic rings. The zero-order valence-corrected chi connectivity index (χ0v) is 14.2. The number of nitrogens with zero attached hydrogens (tertiary/aromatic N) is 1. The first-order chi connectivity index (χ1) is 13.1. The van der Waals surface area contributed by atoms with Crippen molar-refractivity contribution in [3.63, 3.8) is 0 Å². The van der Waals surface area contributed by atoms with Crippen LogP contribution in [0.1, 0.15) is 0 Å². The summed E-state index contributed by atoms with van der Waals surface area (Å²) in [6.07, 6.45) is 1.69. The minimum Gasteiger partial charge on any atom is -0.255 e. The van der Waals surface area contributed by atoms with Gasteiger partial charge in [0.1, 0.15) is 17.5 Å². The smallest absolute Gasteiger partial charge is 0.123 e. The minimum atomic E-state index is -0.329. The Hall–Kier alpha value is -3.40. The summed E-state index contributed by atoms with van der Waals surface area (Å²) in [6, 6.07) is 20.2. The van der Waals surface area contributed by atoms with Crippen molar-refractivity contribution in [3.05, 3.63) is 103 Å². The molecule has 1 nitrogen and oxygen atoms in total. The van der Waals surface area contributed by atoms with Crippen molar-refractivity contribution in [1.82, 2.24) is 4.98 Å². The van der Waals surface area contributed by atoms with Gasteiger partial charge in [0.25, 0.3) is 0 Å². The van der Waals surface area contributed by atoms with Gasteiger partial charge in [0, 0.05) is 22.9 Å². The lowest BCUT2D eigenvalue weighted by Gasteiger charge is -2.12. The fourth-order valence-electron chi connectivity index (χ4n) is 2.95. The van der Waals surface area contributed by atoms with Crippen LogP contribution in [0.4, 0.5) is 13.2 Å². The summed E-state index contributed by atoms with van der Waals surface area (Å²) in [7, 11) is 0. The second-order valence-corrected chi connectivity index (χ2v) is 6.14. The van der Waals surface area contributed by atoms with Crippen LogP contribution < -0.4 is 0 Å². The number of hydrogen-bond donors (Lipinski definition) is 0. The van der Waals surface area contributed by atoms with Crippen molar-refractivity contribution < 1.29 is 13.2 Å². The Kier molecular flexibility index (Phi) is 4.47. The van der Waals surface area contributed by atoms with Gasteiger partial charge in [-0.05, 0) is 65.7 Å². The highest BCUT2D eigenvalue weighted by Crippen LogP contribution is 2.34. The largest absolute Gasteiger partial charge is 0.255 e. The van der Waals surface area contributed by atoms with E-state index >= 15 is 0 Å². The van der Waals surface area contributed by atoms with Crippen molar-refractivity contribution >= 4 is 0 Å². The van der Waals surface area contributed by atoms with Crippen LogP contribution in [0.2, 0.25) is 0 Å². The summed E-state index contributed by atoms with van der Waals surface area (Å²) < 4.78 is 39.9. The number of benzene rings is 3. The summed E-state index contributed by atoms with van der Waals surface area (Å²) >= 11 is 0. The highest BCUT2D eigenvalue weighted by molar-refractivity contribution is 5.84. The predicted octanol–water partition coefficient (Wildman–Crippen LogP) is 6.50. The van der Waals surface area contributed by atoms with Gasteiger partial charge in [-0.25, -0.2) is 13.2 Å². The summed E-state index contributed by atoms with van der Waals surface area (Å²) in [5.41, 5.74) is 4.60. The Morgan fingerprint density at radius 3 is 1.44 bits per heavy atom. The predicted molar refractivity (Wildman–Crippen MR) is 100 cm³/mol. The summed E-state index contributed by atoms with van der Waals surface area (Å²) in [6.45, 7) is 0. The van der Waals surface area contributed by atoms with Gasteiger partial charge in [-0.15, -0.1) is 0 Å². The molecule has 0 spiro atoms. The van der Waals surface area contributed by atoms with Crippen molar-refractivity contribution in [2.75, 3.05) is 0 Å². The van der Waals surface area contributed by atoms with E-state index in [0.29, 0.717) is 5.69 Å². The molecule has 0 unspecified atom stereocenters. The van der Waals surface area contributed by atoms with E-state index in [-0.39, 0.29) is 17.5 Å². The third-order valence-electron chi connectivity index (χ3n) is 4.34. The Morgan fingerprint density at radius 1 is 0.481 bits per heavy atom. The van der Waals surface area contributed by atoms with E-state index in [4.69, 9.17) is 0 Å². The molecule has 1 aromatic heterocycles. The maximum absolute atomic E-state index is 13.4. The van der Waals surface area contributed by atoms with Gasteiger partial charge in [0.05, 0.1) is 5.69 Å². The number of hydrogen-bond acceptors (Lipinski definition) is 1. The molecule has 27 heavy (non-hydrogen) atoms. The molecule has 0 aliphatic heterocycles. The Labute approximate surface area is 154 Å². The van der Waals surface area contributed by atoms with E-state index < -0.39 is 0 Å². The van der Waals surface area contributed by atoms with Crippen LogP contribution in [0, 0.1) is 17.5 Å². The number of halogens is 3. The molecule has 3 aromatic carbocycles. The van der Waals surface area contributed by atoms with Crippen LogP contribution >= 0.6 is 0 Å². The van der Waals surface area contributed by atoms with Gasteiger partial charge < -0.3 is 0 Å². The monoisotopic (exact) mass is 361 g/mol. The summed E-state index contributed by atoms with van der Waals surface area (Å²) in [5.74, 6) is -0.969. The molecule has 0 saturated carbocycles. The fraction of sp³-hybridized carbons (Fsp3) is 0. The number of aromatic nitrogens is 1. The third-order valence-corrected chi connectivity index (χ3v) is 4.34. The first-order valence-corrected chi connectivity index (χ1v) is 8.38. The molecular weight excluding hydrogens is 347 g/mol. The highest BCUT2D eigenvalue weighted by Gasteiger charge is 2.12. The number of rotatable bonds is 3. The van der Waals surface area contributed by atoms with E-state index in [9.17, 15) is 13.2 Å². The quantitative estimate of drug-likeness (QED) is 0.406. The zero-order valence-electron chi connectivity index (χ0n) is 14.2. The van der Waals surface area contributed by atoms with Crippen molar-refractivity contribution in [3.8, 4) is 33.5 Å². The van der Waals surface area contributed by atoms with Crippen LogP contribution in [0.5, 0.6) is 0 Å². The molecule has 4 rings (SSSR count). The normalized spacial score (nSPS) is 10.8. The molecule has 0 bridgehead atoms. The topological polar surface area (TPSA) is 12.9 Å². The molecule has 0 atom stereocenters. The molecule has 0 aliphatic rings. The van der Waals surface area contributed by atoms with Crippen LogP contribution in [0.15, 0.2) is 85.1 Å². The van der Waals surface area contributed by atoms with Gasteiger partial charge in [0.2, 0.25) is 0 Å². The van der Waals surface area contributed by atoms with Gasteiger partial charge in [0.15, 0.2) is 0 Å². The molecule has 0 radical (unpaired) electrons. The highest BCUT2D eigenvalue weighted by atomic mass is 19.1. The fourth-order valence-corrected chi connectivity index (χ4v) is 2.95. The van der Waals surface area contributed by atoms with Gasteiger partial charge in [-0.3, -0.25) is 4.98 Å². The molecule has 4 heteroatoms. The standard InChI is InChI=1S/C23H14F3N/c24-19-7-1-15(2-8-19)18-13-22(16-3-9-20(25)10-4-16)23(27-14-18)17-5-11-21(26)12-6-17/h1-14H. The molecule has 0 amide bonds. The molecule has 1 heterocycles. The molecule has 0 fully saturated rings. The van der Waals surface area contributed by atoms with Crippen LogP contribution in [-0.2, 0) is 0 Å². The first kappa shape index (κ1) is 17.0. The second-order valence-electron chi connectivity index (χ2n) is 6.14. The van der Waals surface area contributed by atoms with E-state index in [1.54, 1.807) is 42.6 Å². The lowest BCUT2D eigenvalue weighted by molar-refractivity contribution is 0.627.